The molecule has 1 aromatic rings. The highest BCUT2D eigenvalue weighted by atomic mass is 32.2. The summed E-state index contributed by atoms with van der Waals surface area (Å²) in [4.78, 5) is 11.0. The molecule has 0 amide bonds. The standard InChI is InChI=1S/C7H14N4O2S/c1-11-6(13)9-10-7(11)14-4-5(8)2-3-12/h5,12H,2-4,8H2,1H3,(H,9,13). The highest BCUT2D eigenvalue weighted by Gasteiger charge is 2.07. The van der Waals surface area contributed by atoms with E-state index >= 15 is 0 Å². The minimum Gasteiger partial charge on any atom is -0.396 e. The number of rotatable bonds is 5. The van der Waals surface area contributed by atoms with Gasteiger partial charge in [-0.05, 0) is 6.42 Å². The highest BCUT2D eigenvalue weighted by Crippen LogP contribution is 2.13. The Hall–Kier alpha value is -0.790. The lowest BCUT2D eigenvalue weighted by Crippen LogP contribution is -2.24. The molecule has 6 nitrogen and oxygen atoms in total. The molecule has 0 fully saturated rings. The average Bonchev–Trinajstić information content (AvgIpc) is 2.46. The SMILES string of the molecule is Cn1c(SCC(N)CCO)n[nH]c1=O. The van der Waals surface area contributed by atoms with Gasteiger partial charge in [-0.25, -0.2) is 9.89 Å². The molecule has 0 spiro atoms. The topological polar surface area (TPSA) is 96.9 Å². The van der Waals surface area contributed by atoms with Crippen molar-refractivity contribution in [3.8, 4) is 0 Å². The molecule has 7 heteroatoms. The summed E-state index contributed by atoms with van der Waals surface area (Å²) in [7, 11) is 1.64. The predicted molar refractivity (Wildman–Crippen MR) is 54.2 cm³/mol. The number of aliphatic hydroxyl groups excluding tert-OH is 1. The summed E-state index contributed by atoms with van der Waals surface area (Å²) in [6.45, 7) is 0.0845. The first-order valence-electron chi connectivity index (χ1n) is 4.25. The predicted octanol–water partition coefficient (Wildman–Crippen LogP) is -1.09. The zero-order chi connectivity index (χ0) is 10.6. The van der Waals surface area contributed by atoms with Crippen molar-refractivity contribution in [3.05, 3.63) is 10.5 Å². The number of nitrogens with zero attached hydrogens (tertiary/aromatic N) is 2. The molecule has 1 heterocycles. The summed E-state index contributed by atoms with van der Waals surface area (Å²) in [6, 6.07) is -0.0724. The van der Waals surface area contributed by atoms with E-state index in [1.165, 1.54) is 16.3 Å². The van der Waals surface area contributed by atoms with Crippen molar-refractivity contribution in [3.63, 3.8) is 0 Å². The van der Waals surface area contributed by atoms with Gasteiger partial charge in [-0.2, -0.15) is 0 Å². The maximum absolute atomic E-state index is 11.0. The van der Waals surface area contributed by atoms with Crippen LogP contribution in [0.2, 0.25) is 0 Å². The number of hydrogen-bond donors (Lipinski definition) is 3. The maximum atomic E-state index is 11.0. The van der Waals surface area contributed by atoms with E-state index in [1.54, 1.807) is 7.05 Å². The summed E-state index contributed by atoms with van der Waals surface area (Å²) in [5.41, 5.74) is 5.45. The lowest BCUT2D eigenvalue weighted by atomic mass is 10.3. The number of nitrogens with one attached hydrogen (secondary N) is 1. The van der Waals surface area contributed by atoms with Crippen molar-refractivity contribution >= 4 is 11.8 Å². The van der Waals surface area contributed by atoms with Gasteiger partial charge in [0.05, 0.1) is 0 Å². The number of aromatic amines is 1. The third-order valence-corrected chi connectivity index (χ3v) is 2.98. The highest BCUT2D eigenvalue weighted by molar-refractivity contribution is 7.99. The molecule has 4 N–H and O–H groups in total. The molecule has 80 valence electrons. The Labute approximate surface area is 85.5 Å². The van der Waals surface area contributed by atoms with Crippen LogP contribution in [0.5, 0.6) is 0 Å². The van der Waals surface area contributed by atoms with E-state index in [1.807, 2.05) is 0 Å². The molecule has 0 aromatic carbocycles. The van der Waals surface area contributed by atoms with Crippen LogP contribution in [0, 0.1) is 0 Å². The van der Waals surface area contributed by atoms with Gasteiger partial charge < -0.3 is 10.8 Å². The summed E-state index contributed by atoms with van der Waals surface area (Å²) in [5, 5.41) is 15.4. The minimum atomic E-state index is -0.233. The zero-order valence-electron chi connectivity index (χ0n) is 7.93. The summed E-state index contributed by atoms with van der Waals surface area (Å²) in [5.74, 6) is 0.638. The molecule has 1 rings (SSSR count). The molecule has 0 saturated carbocycles. The van der Waals surface area contributed by atoms with E-state index in [0.717, 1.165) is 0 Å². The fraction of sp³-hybridized carbons (Fsp3) is 0.714. The molecule has 14 heavy (non-hydrogen) atoms. The van der Waals surface area contributed by atoms with Gasteiger partial charge in [-0.15, -0.1) is 5.10 Å². The third-order valence-electron chi connectivity index (χ3n) is 1.77. The molecule has 1 atom stereocenters. The summed E-state index contributed by atoms with van der Waals surface area (Å²) < 4.78 is 1.43. The van der Waals surface area contributed by atoms with Gasteiger partial charge in [-0.3, -0.25) is 4.57 Å². The second-order valence-electron chi connectivity index (χ2n) is 2.95. The Balaban J connectivity index is 2.45. The van der Waals surface area contributed by atoms with Crippen LogP contribution in [0.25, 0.3) is 0 Å². The van der Waals surface area contributed by atoms with Crippen LogP contribution in [0.15, 0.2) is 9.95 Å². The van der Waals surface area contributed by atoms with E-state index in [-0.39, 0.29) is 18.3 Å². The Morgan fingerprint density at radius 3 is 3.00 bits per heavy atom. The number of aromatic nitrogens is 3. The number of H-pyrrole nitrogens is 1. The number of aliphatic hydroxyl groups is 1. The number of thioether (sulfide) groups is 1. The Morgan fingerprint density at radius 1 is 1.79 bits per heavy atom. The minimum absolute atomic E-state index is 0.0724. The van der Waals surface area contributed by atoms with Crippen molar-refractivity contribution in [1.29, 1.82) is 0 Å². The molecule has 1 aromatic heterocycles. The van der Waals surface area contributed by atoms with Crippen LogP contribution in [-0.2, 0) is 7.05 Å². The van der Waals surface area contributed by atoms with Crippen LogP contribution in [0.3, 0.4) is 0 Å². The molecule has 0 radical (unpaired) electrons. The van der Waals surface area contributed by atoms with Crippen molar-refractivity contribution in [2.45, 2.75) is 17.6 Å². The van der Waals surface area contributed by atoms with E-state index < -0.39 is 0 Å². The molecule has 0 aliphatic rings. The normalized spacial score (nSPS) is 13.1. The fourth-order valence-electron chi connectivity index (χ4n) is 0.892. The van der Waals surface area contributed by atoms with Gasteiger partial charge in [0.2, 0.25) is 0 Å². The quantitative estimate of drug-likeness (QED) is 0.546. The van der Waals surface area contributed by atoms with Gasteiger partial charge in [0, 0.05) is 25.4 Å². The fourth-order valence-corrected chi connectivity index (χ4v) is 1.81. The second kappa shape index (κ2) is 5.18. The van der Waals surface area contributed by atoms with E-state index in [2.05, 4.69) is 10.2 Å². The zero-order valence-corrected chi connectivity index (χ0v) is 8.75. The first kappa shape index (κ1) is 11.3. The Kier molecular flexibility index (Phi) is 4.18. The monoisotopic (exact) mass is 218 g/mol. The largest absolute Gasteiger partial charge is 0.396 e. The van der Waals surface area contributed by atoms with Crippen molar-refractivity contribution in [1.82, 2.24) is 14.8 Å². The first-order valence-corrected chi connectivity index (χ1v) is 5.24. The van der Waals surface area contributed by atoms with Gasteiger partial charge in [0.1, 0.15) is 0 Å². The van der Waals surface area contributed by atoms with E-state index in [9.17, 15) is 4.79 Å². The number of hydrogen-bond acceptors (Lipinski definition) is 5. The number of nitrogens with two attached hydrogens (primary N) is 1. The molecule has 1 unspecified atom stereocenters. The first-order chi connectivity index (χ1) is 6.65. The lowest BCUT2D eigenvalue weighted by molar-refractivity contribution is 0.279. The van der Waals surface area contributed by atoms with Crippen LogP contribution in [0.1, 0.15) is 6.42 Å². The van der Waals surface area contributed by atoms with E-state index in [0.29, 0.717) is 17.3 Å². The van der Waals surface area contributed by atoms with Crippen molar-refractivity contribution < 1.29 is 5.11 Å². The smallest absolute Gasteiger partial charge is 0.343 e. The van der Waals surface area contributed by atoms with Gasteiger partial charge >= 0.3 is 5.69 Å². The van der Waals surface area contributed by atoms with Gasteiger partial charge in [-0.1, -0.05) is 11.8 Å². The van der Waals surface area contributed by atoms with Crippen LogP contribution in [-0.4, -0.2) is 38.3 Å². The lowest BCUT2D eigenvalue weighted by Gasteiger charge is -2.07. The summed E-state index contributed by atoms with van der Waals surface area (Å²) in [6.07, 6.45) is 0.561. The maximum Gasteiger partial charge on any atom is 0.343 e. The Bertz CT molecular complexity index is 335. The van der Waals surface area contributed by atoms with E-state index in [4.69, 9.17) is 10.8 Å². The Morgan fingerprint density at radius 2 is 2.50 bits per heavy atom. The van der Waals surface area contributed by atoms with Crippen LogP contribution in [0.4, 0.5) is 0 Å². The molecule has 0 aliphatic heterocycles. The van der Waals surface area contributed by atoms with Gasteiger partial charge in [0.25, 0.3) is 0 Å². The van der Waals surface area contributed by atoms with Crippen molar-refractivity contribution in [2.75, 3.05) is 12.4 Å². The van der Waals surface area contributed by atoms with Crippen LogP contribution >= 0.6 is 11.8 Å². The molecular formula is C7H14N4O2S. The van der Waals surface area contributed by atoms with Crippen molar-refractivity contribution in [2.24, 2.45) is 12.8 Å². The van der Waals surface area contributed by atoms with Crippen LogP contribution < -0.4 is 11.4 Å². The summed E-state index contributed by atoms with van der Waals surface area (Å²) >= 11 is 1.40. The third kappa shape index (κ3) is 2.86. The average molecular weight is 218 g/mol. The molecule has 0 saturated heterocycles. The second-order valence-corrected chi connectivity index (χ2v) is 3.94. The molecule has 0 bridgehead atoms. The van der Waals surface area contributed by atoms with Gasteiger partial charge in [0.15, 0.2) is 5.16 Å². The molecule has 0 aliphatic carbocycles. The molecular weight excluding hydrogens is 204 g/mol.